The molecule has 0 spiro atoms. The monoisotopic (exact) mass is 242 g/mol. The van der Waals surface area contributed by atoms with E-state index in [1.807, 2.05) is 37.3 Å². The molecule has 0 saturated heterocycles. The van der Waals surface area contributed by atoms with Crippen molar-refractivity contribution in [2.45, 2.75) is 26.7 Å². The summed E-state index contributed by atoms with van der Waals surface area (Å²) in [6, 6.07) is 11.5. The first-order chi connectivity index (χ1) is 8.67. The zero-order valence-electron chi connectivity index (χ0n) is 10.8. The predicted octanol–water partition coefficient (Wildman–Crippen LogP) is 3.89. The highest BCUT2D eigenvalue weighted by Gasteiger charge is 2.12. The highest BCUT2D eigenvalue weighted by molar-refractivity contribution is 5.76. The molecule has 94 valence electrons. The van der Waals surface area contributed by atoms with Crippen LogP contribution in [0, 0.1) is 0 Å². The molecule has 0 saturated carbocycles. The van der Waals surface area contributed by atoms with Crippen LogP contribution in [-0.2, 0) is 12.8 Å². The first-order valence-corrected chi connectivity index (χ1v) is 6.30. The van der Waals surface area contributed by atoms with Crippen LogP contribution in [0.3, 0.4) is 0 Å². The number of phenolic OH excluding ortho intramolecular Hbond substituents is 2. The van der Waals surface area contributed by atoms with E-state index in [0.29, 0.717) is 5.56 Å². The maximum absolute atomic E-state index is 10.0. The molecule has 2 aromatic rings. The highest BCUT2D eigenvalue weighted by Crippen LogP contribution is 2.39. The first kappa shape index (κ1) is 12.5. The van der Waals surface area contributed by atoms with Crippen LogP contribution < -0.4 is 0 Å². The Morgan fingerprint density at radius 2 is 1.61 bits per heavy atom. The van der Waals surface area contributed by atoms with E-state index in [1.54, 1.807) is 6.07 Å². The molecular formula is C16H18O2. The van der Waals surface area contributed by atoms with E-state index in [-0.39, 0.29) is 11.5 Å². The molecule has 0 aliphatic carbocycles. The minimum absolute atomic E-state index is 0.0342. The van der Waals surface area contributed by atoms with E-state index < -0.39 is 0 Å². The molecule has 0 bridgehead atoms. The maximum atomic E-state index is 10.0. The van der Waals surface area contributed by atoms with E-state index in [1.165, 1.54) is 5.56 Å². The number of hydrogen-bond donors (Lipinski definition) is 2. The molecule has 0 amide bonds. The van der Waals surface area contributed by atoms with Crippen LogP contribution in [0.2, 0.25) is 0 Å². The van der Waals surface area contributed by atoms with Gasteiger partial charge in [-0.2, -0.15) is 0 Å². The third-order valence-electron chi connectivity index (χ3n) is 3.25. The van der Waals surface area contributed by atoms with Gasteiger partial charge in [-0.05, 0) is 41.7 Å². The second-order valence-electron chi connectivity index (χ2n) is 4.38. The van der Waals surface area contributed by atoms with Crippen LogP contribution in [0.1, 0.15) is 25.0 Å². The summed E-state index contributed by atoms with van der Waals surface area (Å²) < 4.78 is 0. The average molecular weight is 242 g/mol. The second-order valence-corrected chi connectivity index (χ2v) is 4.38. The maximum Gasteiger partial charge on any atom is 0.165 e. The van der Waals surface area contributed by atoms with Crippen molar-refractivity contribution in [1.29, 1.82) is 0 Å². The highest BCUT2D eigenvalue weighted by atomic mass is 16.3. The molecule has 18 heavy (non-hydrogen) atoms. The van der Waals surface area contributed by atoms with E-state index >= 15 is 0 Å². The summed E-state index contributed by atoms with van der Waals surface area (Å²) in [5, 5.41) is 19.8. The summed E-state index contributed by atoms with van der Waals surface area (Å²) in [4.78, 5) is 0. The number of phenols is 2. The molecule has 0 aliphatic heterocycles. The molecule has 2 aromatic carbocycles. The molecular weight excluding hydrogens is 224 g/mol. The zero-order chi connectivity index (χ0) is 13.1. The molecule has 0 aliphatic rings. The lowest BCUT2D eigenvalue weighted by molar-refractivity contribution is 0.404. The van der Waals surface area contributed by atoms with Crippen molar-refractivity contribution >= 4 is 0 Å². The third kappa shape index (κ3) is 2.19. The van der Waals surface area contributed by atoms with Crippen molar-refractivity contribution < 1.29 is 10.2 Å². The van der Waals surface area contributed by atoms with Gasteiger partial charge in [-0.15, -0.1) is 0 Å². The molecule has 2 heteroatoms. The van der Waals surface area contributed by atoms with Gasteiger partial charge in [0.15, 0.2) is 11.5 Å². The summed E-state index contributed by atoms with van der Waals surface area (Å²) in [7, 11) is 0. The van der Waals surface area contributed by atoms with Gasteiger partial charge in [0.1, 0.15) is 0 Å². The van der Waals surface area contributed by atoms with Crippen molar-refractivity contribution in [3.63, 3.8) is 0 Å². The lowest BCUT2D eigenvalue weighted by Crippen LogP contribution is -1.90. The van der Waals surface area contributed by atoms with Gasteiger partial charge in [0.05, 0.1) is 0 Å². The molecule has 0 radical (unpaired) electrons. The molecule has 0 atom stereocenters. The Kier molecular flexibility index (Phi) is 3.56. The first-order valence-electron chi connectivity index (χ1n) is 6.30. The molecule has 0 fully saturated rings. The van der Waals surface area contributed by atoms with E-state index in [9.17, 15) is 10.2 Å². The summed E-state index contributed by atoms with van der Waals surface area (Å²) in [6.45, 7) is 4.11. The molecule has 2 nitrogen and oxygen atoms in total. The minimum atomic E-state index is -0.0461. The Morgan fingerprint density at radius 1 is 0.889 bits per heavy atom. The van der Waals surface area contributed by atoms with Gasteiger partial charge in [0.25, 0.3) is 0 Å². The van der Waals surface area contributed by atoms with Crippen LogP contribution in [-0.4, -0.2) is 10.2 Å². The van der Waals surface area contributed by atoms with Gasteiger partial charge in [-0.3, -0.25) is 0 Å². The van der Waals surface area contributed by atoms with E-state index in [0.717, 1.165) is 24.0 Å². The van der Waals surface area contributed by atoms with Crippen molar-refractivity contribution in [2.24, 2.45) is 0 Å². The van der Waals surface area contributed by atoms with E-state index in [4.69, 9.17) is 0 Å². The minimum Gasteiger partial charge on any atom is -0.504 e. The van der Waals surface area contributed by atoms with Crippen molar-refractivity contribution in [2.75, 3.05) is 0 Å². The van der Waals surface area contributed by atoms with Gasteiger partial charge >= 0.3 is 0 Å². The fourth-order valence-corrected chi connectivity index (χ4v) is 2.18. The largest absolute Gasteiger partial charge is 0.504 e. The smallest absolute Gasteiger partial charge is 0.165 e. The Hall–Kier alpha value is -1.96. The normalized spacial score (nSPS) is 10.6. The topological polar surface area (TPSA) is 40.5 Å². The van der Waals surface area contributed by atoms with E-state index in [2.05, 4.69) is 6.92 Å². The molecule has 2 N–H and O–H groups in total. The Morgan fingerprint density at radius 3 is 2.28 bits per heavy atom. The van der Waals surface area contributed by atoms with Crippen LogP contribution in [0.25, 0.3) is 11.1 Å². The third-order valence-corrected chi connectivity index (χ3v) is 3.25. The van der Waals surface area contributed by atoms with Crippen LogP contribution >= 0.6 is 0 Å². The lowest BCUT2D eigenvalue weighted by Gasteiger charge is -2.12. The van der Waals surface area contributed by atoms with Gasteiger partial charge in [0, 0.05) is 5.56 Å². The molecule has 2 rings (SSSR count). The Bertz CT molecular complexity index is 559. The van der Waals surface area contributed by atoms with Crippen molar-refractivity contribution in [3.8, 4) is 22.6 Å². The fraction of sp³-hybridized carbons (Fsp3) is 0.250. The Labute approximate surface area is 108 Å². The Balaban J connectivity index is 2.66. The van der Waals surface area contributed by atoms with Crippen LogP contribution in [0.4, 0.5) is 0 Å². The summed E-state index contributed by atoms with van der Waals surface area (Å²) in [6.07, 6.45) is 1.72. The summed E-state index contributed by atoms with van der Waals surface area (Å²) in [5.41, 5.74) is 3.89. The predicted molar refractivity (Wildman–Crippen MR) is 74.0 cm³/mol. The zero-order valence-corrected chi connectivity index (χ0v) is 10.8. The summed E-state index contributed by atoms with van der Waals surface area (Å²) in [5.74, 6) is -0.0802. The molecule has 0 unspecified atom stereocenters. The van der Waals surface area contributed by atoms with Gasteiger partial charge in [-0.25, -0.2) is 0 Å². The SMILES string of the molecule is CCc1cc(O)c(O)c(-c2ccccc2CC)c1. The standard InChI is InChI=1S/C16H18O2/c1-3-11-9-14(16(18)15(17)10-11)13-8-6-5-7-12(13)4-2/h5-10,17-18H,3-4H2,1-2H3. The number of benzene rings is 2. The number of hydrogen-bond acceptors (Lipinski definition) is 2. The molecule has 0 heterocycles. The number of aromatic hydroxyl groups is 2. The fourth-order valence-electron chi connectivity index (χ4n) is 2.18. The lowest BCUT2D eigenvalue weighted by atomic mass is 9.95. The van der Waals surface area contributed by atoms with Crippen LogP contribution in [0.5, 0.6) is 11.5 Å². The summed E-state index contributed by atoms with van der Waals surface area (Å²) >= 11 is 0. The van der Waals surface area contributed by atoms with Gasteiger partial charge in [-0.1, -0.05) is 38.1 Å². The molecule has 0 aromatic heterocycles. The quantitative estimate of drug-likeness (QED) is 0.802. The average Bonchev–Trinajstić information content (AvgIpc) is 2.41. The van der Waals surface area contributed by atoms with Crippen molar-refractivity contribution in [3.05, 3.63) is 47.5 Å². The van der Waals surface area contributed by atoms with Gasteiger partial charge < -0.3 is 10.2 Å². The number of aryl methyl sites for hydroxylation is 2. The second kappa shape index (κ2) is 5.13. The van der Waals surface area contributed by atoms with Crippen LogP contribution in [0.15, 0.2) is 36.4 Å². The number of rotatable bonds is 3. The van der Waals surface area contributed by atoms with Gasteiger partial charge in [0.2, 0.25) is 0 Å². The van der Waals surface area contributed by atoms with Crippen molar-refractivity contribution in [1.82, 2.24) is 0 Å².